The molecule has 1 aliphatic heterocycles. The monoisotopic (exact) mass is 343 g/mol. The highest BCUT2D eigenvalue weighted by Gasteiger charge is 2.27. The van der Waals surface area contributed by atoms with Crippen molar-refractivity contribution in [1.82, 2.24) is 9.88 Å². The summed E-state index contributed by atoms with van der Waals surface area (Å²) >= 11 is 8.96. The van der Waals surface area contributed by atoms with Crippen LogP contribution in [0, 0.1) is 6.92 Å². The van der Waals surface area contributed by atoms with Gasteiger partial charge in [0.05, 0.1) is 18.8 Å². The molecule has 2 aromatic heterocycles. The second kappa shape index (κ2) is 6.31. The molecule has 1 saturated heterocycles. The van der Waals surface area contributed by atoms with Crippen molar-refractivity contribution in [3.8, 4) is 0 Å². The lowest BCUT2D eigenvalue weighted by Gasteiger charge is -2.31. The van der Waals surface area contributed by atoms with E-state index in [9.17, 15) is 4.79 Å². The molecular formula is C13H14ClN3O2S2. The summed E-state index contributed by atoms with van der Waals surface area (Å²) in [4.78, 5) is 18.5. The lowest BCUT2D eigenvalue weighted by atomic mass is 10.3. The van der Waals surface area contributed by atoms with Crippen molar-refractivity contribution in [2.75, 3.05) is 25.0 Å². The molecule has 0 saturated carbocycles. The molecule has 3 rings (SSSR count). The minimum atomic E-state index is -0.156. The predicted octanol–water partition coefficient (Wildman–Crippen LogP) is 3.77. The summed E-state index contributed by atoms with van der Waals surface area (Å²) in [6, 6.07) is 1.64. The summed E-state index contributed by atoms with van der Waals surface area (Å²) in [6.45, 7) is 3.52. The number of carbonyl (C=O) groups is 1. The lowest BCUT2D eigenvalue weighted by molar-refractivity contribution is -0.0136. The van der Waals surface area contributed by atoms with Gasteiger partial charge in [-0.1, -0.05) is 11.6 Å². The number of urea groups is 1. The number of aromatic nitrogens is 1. The fraction of sp³-hybridized carbons (Fsp3) is 0.385. The highest BCUT2D eigenvalue weighted by atomic mass is 35.5. The van der Waals surface area contributed by atoms with Crippen LogP contribution < -0.4 is 5.32 Å². The molecule has 0 bridgehead atoms. The Balaban J connectivity index is 1.65. The number of rotatable bonds is 2. The van der Waals surface area contributed by atoms with Crippen LogP contribution in [0.3, 0.4) is 0 Å². The van der Waals surface area contributed by atoms with E-state index in [2.05, 4.69) is 10.3 Å². The number of thiazole rings is 1. The van der Waals surface area contributed by atoms with Gasteiger partial charge in [0.2, 0.25) is 0 Å². The van der Waals surface area contributed by atoms with Gasteiger partial charge in [-0.05, 0) is 18.4 Å². The number of nitrogens with zero attached hydrogens (tertiary/aromatic N) is 2. The maximum Gasteiger partial charge on any atom is 0.322 e. The first-order chi connectivity index (χ1) is 10.1. The fourth-order valence-electron chi connectivity index (χ4n) is 2.08. The summed E-state index contributed by atoms with van der Waals surface area (Å²) in [5.74, 6) is 0. The number of morpholine rings is 1. The Kier molecular flexibility index (Phi) is 4.44. The average Bonchev–Trinajstić information content (AvgIpc) is 3.08. The number of anilines is 1. The summed E-state index contributed by atoms with van der Waals surface area (Å²) < 4.78 is 6.31. The average molecular weight is 344 g/mol. The molecule has 1 fully saturated rings. The van der Waals surface area contributed by atoms with E-state index in [4.69, 9.17) is 16.3 Å². The normalized spacial score (nSPS) is 18.8. The van der Waals surface area contributed by atoms with Crippen LogP contribution in [0.15, 0.2) is 16.8 Å². The number of carbonyl (C=O) groups excluding carboxylic acids is 1. The third-order valence-electron chi connectivity index (χ3n) is 3.13. The van der Waals surface area contributed by atoms with Crippen LogP contribution in [0.2, 0.25) is 4.34 Å². The van der Waals surface area contributed by atoms with Crippen molar-refractivity contribution in [2.24, 2.45) is 0 Å². The molecule has 112 valence electrons. The minimum absolute atomic E-state index is 0.152. The maximum atomic E-state index is 12.3. The van der Waals surface area contributed by atoms with Crippen LogP contribution in [0.5, 0.6) is 0 Å². The van der Waals surface area contributed by atoms with E-state index < -0.39 is 0 Å². The number of halogens is 1. The second-order valence-corrected chi connectivity index (χ2v) is 7.08. The Labute approximate surface area is 135 Å². The number of thiophene rings is 1. The Morgan fingerprint density at radius 2 is 2.43 bits per heavy atom. The predicted molar refractivity (Wildman–Crippen MR) is 85.5 cm³/mol. The SMILES string of the molecule is Cc1csc(C2CN(C(=O)Nc3ccsc3Cl)CCO2)n1. The Morgan fingerprint density at radius 3 is 3.10 bits per heavy atom. The number of aryl methyl sites for hydroxylation is 1. The zero-order valence-corrected chi connectivity index (χ0v) is 13.7. The topological polar surface area (TPSA) is 54.5 Å². The molecule has 21 heavy (non-hydrogen) atoms. The second-order valence-electron chi connectivity index (χ2n) is 4.67. The molecule has 3 heterocycles. The van der Waals surface area contributed by atoms with Crippen molar-refractivity contribution in [3.05, 3.63) is 31.9 Å². The van der Waals surface area contributed by atoms with E-state index in [-0.39, 0.29) is 12.1 Å². The third-order valence-corrected chi connectivity index (χ3v) is 5.35. The molecule has 0 aliphatic carbocycles. The number of ether oxygens (including phenoxy) is 1. The standard InChI is InChI=1S/C13H14ClN3O2S2/c1-8-7-21-12(15-8)10-6-17(3-4-19-10)13(18)16-9-2-5-20-11(9)14/h2,5,7,10H,3-4,6H2,1H3,(H,16,18). The molecule has 0 spiro atoms. The summed E-state index contributed by atoms with van der Waals surface area (Å²) in [6.07, 6.45) is -0.152. The number of nitrogens with one attached hydrogen (secondary N) is 1. The number of amides is 2. The zero-order valence-electron chi connectivity index (χ0n) is 11.3. The van der Waals surface area contributed by atoms with Gasteiger partial charge in [0.1, 0.15) is 15.4 Å². The van der Waals surface area contributed by atoms with Crippen molar-refractivity contribution < 1.29 is 9.53 Å². The van der Waals surface area contributed by atoms with E-state index in [1.165, 1.54) is 11.3 Å². The van der Waals surface area contributed by atoms with Crippen LogP contribution in [-0.2, 0) is 4.74 Å². The van der Waals surface area contributed by atoms with Gasteiger partial charge in [-0.25, -0.2) is 9.78 Å². The fourth-order valence-corrected chi connectivity index (χ4v) is 3.75. The van der Waals surface area contributed by atoms with Gasteiger partial charge in [0, 0.05) is 17.6 Å². The van der Waals surface area contributed by atoms with E-state index in [0.717, 1.165) is 10.7 Å². The molecule has 1 N–H and O–H groups in total. The largest absolute Gasteiger partial charge is 0.367 e. The smallest absolute Gasteiger partial charge is 0.322 e. The van der Waals surface area contributed by atoms with Crippen LogP contribution in [0.25, 0.3) is 0 Å². The van der Waals surface area contributed by atoms with Crippen LogP contribution in [-0.4, -0.2) is 35.6 Å². The molecule has 2 amide bonds. The lowest BCUT2D eigenvalue weighted by Crippen LogP contribution is -2.44. The van der Waals surface area contributed by atoms with Crippen molar-refractivity contribution in [1.29, 1.82) is 0 Å². The molecule has 0 aromatic carbocycles. The molecule has 1 unspecified atom stereocenters. The first-order valence-corrected chi connectivity index (χ1v) is 8.60. The minimum Gasteiger partial charge on any atom is -0.367 e. The van der Waals surface area contributed by atoms with Gasteiger partial charge in [0.25, 0.3) is 0 Å². The first-order valence-electron chi connectivity index (χ1n) is 6.46. The van der Waals surface area contributed by atoms with Crippen LogP contribution in [0.4, 0.5) is 10.5 Å². The van der Waals surface area contributed by atoms with Crippen LogP contribution >= 0.6 is 34.3 Å². The Hall–Kier alpha value is -1.15. The van der Waals surface area contributed by atoms with E-state index in [0.29, 0.717) is 29.7 Å². The van der Waals surface area contributed by atoms with Crippen molar-refractivity contribution in [2.45, 2.75) is 13.0 Å². The van der Waals surface area contributed by atoms with Gasteiger partial charge in [-0.15, -0.1) is 22.7 Å². The third kappa shape index (κ3) is 3.37. The van der Waals surface area contributed by atoms with Gasteiger partial charge in [-0.2, -0.15) is 0 Å². The van der Waals surface area contributed by atoms with Crippen molar-refractivity contribution >= 4 is 46.0 Å². The molecule has 1 atom stereocenters. The molecular weight excluding hydrogens is 330 g/mol. The van der Waals surface area contributed by atoms with Gasteiger partial charge < -0.3 is 15.0 Å². The number of hydrogen-bond donors (Lipinski definition) is 1. The van der Waals surface area contributed by atoms with Gasteiger partial charge in [-0.3, -0.25) is 0 Å². The van der Waals surface area contributed by atoms with E-state index >= 15 is 0 Å². The quantitative estimate of drug-likeness (QED) is 0.903. The molecule has 1 aliphatic rings. The van der Waals surface area contributed by atoms with Crippen molar-refractivity contribution in [3.63, 3.8) is 0 Å². The summed E-state index contributed by atoms with van der Waals surface area (Å²) in [5, 5.41) is 7.58. The van der Waals surface area contributed by atoms with Gasteiger partial charge in [0.15, 0.2) is 0 Å². The molecule has 8 heteroatoms. The Bertz CT molecular complexity index is 643. The highest BCUT2D eigenvalue weighted by Crippen LogP contribution is 2.29. The van der Waals surface area contributed by atoms with E-state index in [1.807, 2.05) is 17.7 Å². The summed E-state index contributed by atoms with van der Waals surface area (Å²) in [5.41, 5.74) is 1.63. The highest BCUT2D eigenvalue weighted by molar-refractivity contribution is 7.15. The summed E-state index contributed by atoms with van der Waals surface area (Å²) in [7, 11) is 0. The number of hydrogen-bond acceptors (Lipinski definition) is 5. The molecule has 5 nitrogen and oxygen atoms in total. The first kappa shape index (κ1) is 14.8. The van der Waals surface area contributed by atoms with E-state index in [1.54, 1.807) is 22.3 Å². The van der Waals surface area contributed by atoms with Gasteiger partial charge >= 0.3 is 6.03 Å². The molecule has 0 radical (unpaired) electrons. The zero-order chi connectivity index (χ0) is 14.8. The molecule has 2 aromatic rings. The maximum absolute atomic E-state index is 12.3. The Morgan fingerprint density at radius 1 is 1.57 bits per heavy atom. The van der Waals surface area contributed by atoms with Crippen LogP contribution in [0.1, 0.15) is 16.8 Å².